The normalized spacial score (nSPS) is 11.2. The monoisotopic (exact) mass is 633 g/mol. The number of rotatable bonds is 11. The fourth-order valence-corrected chi connectivity index (χ4v) is 3.54. The summed E-state index contributed by atoms with van der Waals surface area (Å²) in [7, 11) is 2.43. The zero-order valence-corrected chi connectivity index (χ0v) is 24.1. The van der Waals surface area contributed by atoms with Gasteiger partial charge in [-0.25, -0.2) is 4.79 Å². The number of nitrogens with two attached hydrogens (primary N) is 1. The number of nitro groups is 3. The van der Waals surface area contributed by atoms with Crippen LogP contribution in [0.4, 0.5) is 17.1 Å². The molecule has 2 unspecified atom stereocenters. The van der Waals surface area contributed by atoms with Gasteiger partial charge >= 0.3 is 11.9 Å². The van der Waals surface area contributed by atoms with Gasteiger partial charge in [0, 0.05) is 48.4 Å². The van der Waals surface area contributed by atoms with Crippen LogP contribution in [-0.2, 0) is 31.9 Å². The van der Waals surface area contributed by atoms with E-state index in [4.69, 9.17) is 5.73 Å². The third-order valence-electron chi connectivity index (χ3n) is 5.83. The van der Waals surface area contributed by atoms with Crippen LogP contribution in [0.1, 0.15) is 21.5 Å². The van der Waals surface area contributed by atoms with Crippen molar-refractivity contribution in [2.75, 3.05) is 14.2 Å². The fraction of sp³-hybridized carbons (Fsp3) is 0.222. The van der Waals surface area contributed by atoms with Crippen molar-refractivity contribution in [1.82, 2.24) is 5.32 Å². The highest BCUT2D eigenvalue weighted by Gasteiger charge is 2.23. The highest BCUT2D eigenvalue weighted by atomic mass is 35.5. The van der Waals surface area contributed by atoms with Gasteiger partial charge < -0.3 is 20.5 Å². The second-order valence-electron chi connectivity index (χ2n) is 8.74. The van der Waals surface area contributed by atoms with Crippen LogP contribution in [0.15, 0.2) is 72.8 Å². The predicted molar refractivity (Wildman–Crippen MR) is 157 cm³/mol. The summed E-state index contributed by atoms with van der Waals surface area (Å²) in [5, 5.41) is 34.2. The fourth-order valence-electron chi connectivity index (χ4n) is 3.54. The molecule has 234 valence electrons. The number of nitrogens with one attached hydrogen (secondary N) is 1. The highest BCUT2D eigenvalue weighted by molar-refractivity contribution is 5.97. The number of esters is 2. The molecule has 16 nitrogen and oxygen atoms in total. The maximum Gasteiger partial charge on any atom is 0.328 e. The largest absolute Gasteiger partial charge is 0.468 e. The molecule has 0 saturated carbocycles. The highest BCUT2D eigenvalue weighted by Crippen LogP contribution is 2.16. The van der Waals surface area contributed by atoms with Crippen molar-refractivity contribution < 1.29 is 38.6 Å². The molecule has 3 aromatic carbocycles. The van der Waals surface area contributed by atoms with Crippen molar-refractivity contribution in [3.8, 4) is 0 Å². The molecule has 3 rings (SSSR count). The maximum atomic E-state index is 12.3. The van der Waals surface area contributed by atoms with Crippen LogP contribution in [0, 0.1) is 30.3 Å². The van der Waals surface area contributed by atoms with Crippen molar-refractivity contribution in [3.05, 3.63) is 120 Å². The number of non-ortho nitro benzene ring substituents is 3. The molecule has 3 N–H and O–H groups in total. The molecule has 0 saturated heterocycles. The van der Waals surface area contributed by atoms with E-state index in [0.29, 0.717) is 12.0 Å². The summed E-state index contributed by atoms with van der Waals surface area (Å²) < 4.78 is 9.16. The number of halogens is 1. The quantitative estimate of drug-likeness (QED) is 0.176. The van der Waals surface area contributed by atoms with E-state index in [1.807, 2.05) is 0 Å². The summed E-state index contributed by atoms with van der Waals surface area (Å²) in [5.74, 6) is -1.80. The summed E-state index contributed by atoms with van der Waals surface area (Å²) in [5.41, 5.74) is 6.77. The average Bonchev–Trinajstić information content (AvgIpc) is 3.00. The summed E-state index contributed by atoms with van der Waals surface area (Å²) >= 11 is 0. The van der Waals surface area contributed by atoms with Gasteiger partial charge in [0.25, 0.3) is 23.0 Å². The molecule has 44 heavy (non-hydrogen) atoms. The molecular weight excluding hydrogens is 606 g/mol. The second-order valence-corrected chi connectivity index (χ2v) is 8.74. The molecular formula is C27H28ClN5O11. The van der Waals surface area contributed by atoms with E-state index >= 15 is 0 Å². The minimum Gasteiger partial charge on any atom is -0.468 e. The third-order valence-corrected chi connectivity index (χ3v) is 5.83. The molecule has 0 bridgehead atoms. The van der Waals surface area contributed by atoms with Crippen molar-refractivity contribution in [3.63, 3.8) is 0 Å². The van der Waals surface area contributed by atoms with E-state index in [9.17, 15) is 44.7 Å². The number of benzene rings is 3. The summed E-state index contributed by atoms with van der Waals surface area (Å²) in [6.45, 7) is 0. The van der Waals surface area contributed by atoms with Gasteiger partial charge in [-0.3, -0.25) is 39.9 Å². The Labute approximate surface area is 256 Å². The Kier molecular flexibility index (Phi) is 14.5. The Bertz CT molecular complexity index is 1470. The second kappa shape index (κ2) is 17.5. The van der Waals surface area contributed by atoms with Crippen LogP contribution in [0.5, 0.6) is 0 Å². The number of nitrogens with zero attached hydrogens (tertiary/aromatic N) is 3. The van der Waals surface area contributed by atoms with Crippen molar-refractivity contribution >= 4 is 47.3 Å². The lowest BCUT2D eigenvalue weighted by Crippen LogP contribution is -2.43. The zero-order chi connectivity index (χ0) is 32.1. The number of carbonyl (C=O) groups excluding carboxylic acids is 3. The van der Waals surface area contributed by atoms with Crippen LogP contribution in [0.25, 0.3) is 0 Å². The summed E-state index contributed by atoms with van der Waals surface area (Å²) in [6.07, 6.45) is 0.355. The zero-order valence-electron chi connectivity index (χ0n) is 23.3. The number of hydrogen-bond donors (Lipinski definition) is 2. The predicted octanol–water partition coefficient (Wildman–Crippen LogP) is 3.08. The lowest BCUT2D eigenvalue weighted by Gasteiger charge is -2.16. The first-order valence-corrected chi connectivity index (χ1v) is 12.3. The molecule has 0 radical (unpaired) electrons. The molecule has 0 aromatic heterocycles. The molecule has 17 heteroatoms. The molecule has 3 aromatic rings. The Morgan fingerprint density at radius 3 is 1.41 bits per heavy atom. The van der Waals surface area contributed by atoms with Gasteiger partial charge in [-0.2, -0.15) is 0 Å². The lowest BCUT2D eigenvalue weighted by molar-refractivity contribution is -0.385. The molecule has 0 spiro atoms. The number of nitro benzene ring substituents is 3. The SMILES string of the molecule is COC(=O)C(Cc1ccc([N+](=O)[O-])cc1)NC(=O)c1ccc([N+](=O)[O-])cc1.COC(=O)C(N)Cc1ccc([N+](=O)[O-])cc1.Cl. The van der Waals surface area contributed by atoms with Gasteiger partial charge in [0.15, 0.2) is 0 Å². The number of methoxy groups -OCH3 is 2. The van der Waals surface area contributed by atoms with Gasteiger partial charge in [-0.05, 0) is 29.7 Å². The first-order chi connectivity index (χ1) is 20.4. The van der Waals surface area contributed by atoms with Gasteiger partial charge in [0.05, 0.1) is 29.0 Å². The maximum absolute atomic E-state index is 12.3. The summed E-state index contributed by atoms with van der Waals surface area (Å²) in [6, 6.07) is 14.6. The molecule has 2 atom stereocenters. The van der Waals surface area contributed by atoms with Crippen LogP contribution >= 0.6 is 12.4 Å². The first kappa shape index (κ1) is 36.5. The molecule has 0 heterocycles. The number of hydrogen-bond acceptors (Lipinski definition) is 12. The minimum atomic E-state index is -1.03. The van der Waals surface area contributed by atoms with E-state index in [2.05, 4.69) is 14.8 Å². The van der Waals surface area contributed by atoms with E-state index in [0.717, 1.165) is 5.56 Å². The molecule has 0 fully saturated rings. The van der Waals surface area contributed by atoms with Gasteiger partial charge in [0.1, 0.15) is 12.1 Å². The Morgan fingerprint density at radius 1 is 0.682 bits per heavy atom. The van der Waals surface area contributed by atoms with Crippen molar-refractivity contribution in [2.45, 2.75) is 24.9 Å². The van der Waals surface area contributed by atoms with Gasteiger partial charge in [-0.15, -0.1) is 12.4 Å². The summed E-state index contributed by atoms with van der Waals surface area (Å²) in [4.78, 5) is 65.4. The van der Waals surface area contributed by atoms with Crippen LogP contribution in [0.3, 0.4) is 0 Å². The van der Waals surface area contributed by atoms with E-state index < -0.39 is 44.7 Å². The van der Waals surface area contributed by atoms with Crippen molar-refractivity contribution in [2.24, 2.45) is 5.73 Å². The third kappa shape index (κ3) is 11.1. The van der Waals surface area contributed by atoms with Gasteiger partial charge in [-0.1, -0.05) is 24.3 Å². The smallest absolute Gasteiger partial charge is 0.328 e. The number of carbonyl (C=O) groups is 3. The molecule has 0 aliphatic carbocycles. The average molecular weight is 634 g/mol. The molecule has 1 amide bonds. The van der Waals surface area contributed by atoms with Crippen LogP contribution in [0.2, 0.25) is 0 Å². The molecule has 0 aliphatic rings. The van der Waals surface area contributed by atoms with Crippen LogP contribution < -0.4 is 11.1 Å². The first-order valence-electron chi connectivity index (χ1n) is 12.3. The van der Waals surface area contributed by atoms with E-state index in [-0.39, 0.29) is 41.5 Å². The van der Waals surface area contributed by atoms with Gasteiger partial charge in [0.2, 0.25) is 0 Å². The van der Waals surface area contributed by atoms with E-state index in [1.165, 1.54) is 74.9 Å². The van der Waals surface area contributed by atoms with E-state index in [1.54, 1.807) is 12.1 Å². The number of amides is 1. The standard InChI is InChI=1S/C17H15N3O7.C10H12N2O4.ClH/c1-27-17(22)15(10-11-2-6-13(7-3-11)19(23)24)18-16(21)12-4-8-14(9-5-12)20(25)26;1-16-10(13)9(11)6-7-2-4-8(5-3-7)12(14)15;/h2-9,15H,10H2,1H3,(H,18,21);2-5,9H,6,11H2,1H3;1H. The number of ether oxygens (including phenoxy) is 2. The minimum absolute atomic E-state index is 0. The van der Waals surface area contributed by atoms with Crippen molar-refractivity contribution in [1.29, 1.82) is 0 Å². The molecule has 0 aliphatic heterocycles. The Hall–Kier alpha value is -5.48. The topological polar surface area (TPSA) is 237 Å². The Balaban J connectivity index is 0.000000488. The Morgan fingerprint density at radius 2 is 1.05 bits per heavy atom. The van der Waals surface area contributed by atoms with Crippen LogP contribution in [-0.4, -0.2) is 58.9 Å². The lowest BCUT2D eigenvalue weighted by atomic mass is 10.0.